The van der Waals surface area contributed by atoms with Gasteiger partial charge >= 0.3 is 0 Å². The molecule has 20 nitrogen and oxygen atoms in total. The molecule has 18 rings (SSSR count). The van der Waals surface area contributed by atoms with E-state index < -0.39 is 0 Å². The Kier molecular flexibility index (Phi) is 24.1. The van der Waals surface area contributed by atoms with Gasteiger partial charge in [0.05, 0.1) is 10.2 Å². The van der Waals surface area contributed by atoms with Gasteiger partial charge in [-0.3, -0.25) is 4.99 Å². The second-order valence-corrected chi connectivity index (χ2v) is 27.0. The number of rotatable bonds is 0. The van der Waals surface area contributed by atoms with Gasteiger partial charge < -0.3 is 56.2 Å². The van der Waals surface area contributed by atoms with Crippen LogP contribution >= 0.6 is 11.3 Å². The molecule has 21 heteroatoms. The van der Waals surface area contributed by atoms with Crippen LogP contribution in [0, 0.1) is 12.8 Å². The zero-order chi connectivity index (χ0) is 70.6. The summed E-state index contributed by atoms with van der Waals surface area (Å²) in [6, 6.07) is 20.2. The van der Waals surface area contributed by atoms with E-state index in [1.54, 1.807) is 67.1 Å². The van der Waals surface area contributed by atoms with Crippen molar-refractivity contribution in [3.8, 4) is 0 Å². The largest absolute Gasteiger partial charge is 0.383 e. The van der Waals surface area contributed by atoms with E-state index >= 15 is 0 Å². The van der Waals surface area contributed by atoms with Gasteiger partial charge in [0.25, 0.3) is 0 Å². The van der Waals surface area contributed by atoms with Crippen LogP contribution in [0.2, 0.25) is 0 Å². The van der Waals surface area contributed by atoms with Crippen LogP contribution in [0.3, 0.4) is 0 Å². The Labute approximate surface area is 593 Å². The standard InChI is InChI=1S/C9H12N2.C9H10N2.C9H12N2.C9H10N2.C9H12N2.C9H10N2.2C8H9N3.C8H8N2S.CH4.H2/c2*1-6-4-7-2-3-11-9(10)8(7)5-6;2*1-6-2-3-8-7(6)4-5-11-9(8)10;2*1-6-2-3-7-4-5-11-9(10)8(6)7;1-11-5-3-6-7(11)2-4-10-8(6)9;2*1-5-4-11-7-6(5)2-3-10-8(7)9;;/h2-3,6H,4-5H2,1H3,(H2,10,11);2-3,5H,4H2,1H3,(H2,10,11);4-6H,2-3H2,1H3,(H2,10,11);2-6H,1H3,(H2,10,11);4-6H,2-3H2,1H3,(H2,10,11);2,4-5H,3H2,1H3,(H2,10,11);2*2-5H,1H3,(H2,9,10);2-4H,1H3,(H2,9,10);1H4;1H. The van der Waals surface area contributed by atoms with E-state index in [1.165, 1.54) is 103 Å². The van der Waals surface area contributed by atoms with E-state index in [1.807, 2.05) is 72.6 Å². The summed E-state index contributed by atoms with van der Waals surface area (Å²) < 4.78 is 3.12. The highest BCUT2D eigenvalue weighted by Crippen LogP contribution is 2.38. The van der Waals surface area contributed by atoms with Gasteiger partial charge in [-0.25, -0.2) is 44.9 Å². The predicted molar refractivity (Wildman–Crippen MR) is 422 cm³/mol. The van der Waals surface area contributed by atoms with Crippen LogP contribution < -0.4 is 51.6 Å². The molecule has 0 amide bonds. The fourth-order valence-electron chi connectivity index (χ4n) is 13.4. The maximum absolute atomic E-state index is 5.75. The molecule has 18 N–H and O–H groups in total. The van der Waals surface area contributed by atoms with Gasteiger partial charge in [-0.1, -0.05) is 71.9 Å². The number of nitrogens with zero attached hydrogens (tertiary/aromatic N) is 11. The number of fused-ring (bicyclic) bond motifs is 9. The van der Waals surface area contributed by atoms with Crippen LogP contribution in [0.4, 0.5) is 58.0 Å². The topological polar surface area (TPSA) is 367 Å². The third-order valence-electron chi connectivity index (χ3n) is 18.9. The van der Waals surface area contributed by atoms with Crippen molar-refractivity contribution in [1.82, 2.24) is 49.4 Å². The Morgan fingerprint density at radius 2 is 1.07 bits per heavy atom. The van der Waals surface area contributed by atoms with Crippen molar-refractivity contribution in [2.45, 2.75) is 138 Å². The molecule has 11 aromatic rings. The molecule has 6 aliphatic carbocycles. The molecule has 0 saturated carbocycles. The van der Waals surface area contributed by atoms with Crippen molar-refractivity contribution in [2.24, 2.45) is 18.0 Å². The molecule has 5 atom stereocenters. The monoisotopic (exact) mass is 1360 g/mol. The first-order valence-electron chi connectivity index (χ1n) is 33.5. The van der Waals surface area contributed by atoms with Crippen LogP contribution in [0.15, 0.2) is 151 Å². The average molecular weight is 1360 g/mol. The van der Waals surface area contributed by atoms with Gasteiger partial charge in [0.2, 0.25) is 0 Å². The molecule has 0 bridgehead atoms. The van der Waals surface area contributed by atoms with Crippen LogP contribution in [0.1, 0.15) is 172 Å². The molecule has 0 radical (unpaired) electrons. The lowest BCUT2D eigenvalue weighted by Gasteiger charge is -2.05. The number of nitrogen functional groups attached to an aromatic ring is 9. The molecule has 0 spiro atoms. The Morgan fingerprint density at radius 1 is 0.500 bits per heavy atom. The van der Waals surface area contributed by atoms with E-state index in [9.17, 15) is 0 Å². The minimum atomic E-state index is 0. The Bertz CT molecular complexity index is 4660. The molecule has 5 unspecified atom stereocenters. The highest BCUT2D eigenvalue weighted by atomic mass is 32.1. The summed E-state index contributed by atoms with van der Waals surface area (Å²) in [5.74, 6) is 8.82. The van der Waals surface area contributed by atoms with E-state index in [4.69, 9.17) is 51.6 Å². The van der Waals surface area contributed by atoms with E-state index in [-0.39, 0.29) is 8.85 Å². The summed E-state index contributed by atoms with van der Waals surface area (Å²) in [5.41, 5.74) is 73.5. The molecule has 520 valence electrons. The number of thiophene rings is 1. The summed E-state index contributed by atoms with van der Waals surface area (Å²) in [6.45, 7) is 17.2. The highest BCUT2D eigenvalue weighted by molar-refractivity contribution is 7.18. The molecule has 100 heavy (non-hydrogen) atoms. The second kappa shape index (κ2) is 33.0. The first-order chi connectivity index (χ1) is 47.6. The molecule has 12 heterocycles. The molecule has 11 aromatic heterocycles. The van der Waals surface area contributed by atoms with Crippen LogP contribution in [-0.4, -0.2) is 55.6 Å². The number of aromatic nitrogens is 10. The lowest BCUT2D eigenvalue weighted by atomic mass is 10.0. The number of hydrogen-bond acceptors (Lipinski definition) is 20. The molecule has 0 aromatic carbocycles. The van der Waals surface area contributed by atoms with Crippen LogP contribution in [0.25, 0.3) is 38.7 Å². The van der Waals surface area contributed by atoms with Gasteiger partial charge in [-0.05, 0) is 217 Å². The molecule has 0 fully saturated rings. The normalized spacial score (nSPS) is 17.1. The third-order valence-corrected chi connectivity index (χ3v) is 20.0. The highest BCUT2D eigenvalue weighted by Gasteiger charge is 2.24. The fourth-order valence-corrected chi connectivity index (χ4v) is 14.3. The Hall–Kier alpha value is -11.1. The number of nitrogens with two attached hydrogens (primary N) is 9. The minimum absolute atomic E-state index is 0. The zero-order valence-electron chi connectivity index (χ0n) is 58.1. The first kappa shape index (κ1) is 73.2. The molecular weight excluding hydrogens is 1260 g/mol. The smallest absolute Gasteiger partial charge is 0.149 e. The summed E-state index contributed by atoms with van der Waals surface area (Å²) >= 11 is 1.65. The van der Waals surface area contributed by atoms with Crippen LogP contribution in [-0.2, 0) is 45.6 Å². The van der Waals surface area contributed by atoms with Crippen molar-refractivity contribution in [2.75, 3.05) is 51.6 Å². The molecule has 0 saturated heterocycles. The quantitative estimate of drug-likeness (QED) is 0.0681. The maximum atomic E-state index is 5.75. The number of allylic oxidation sites excluding steroid dienone is 4. The van der Waals surface area contributed by atoms with Crippen molar-refractivity contribution < 1.29 is 1.43 Å². The number of aliphatic imine (C=N–C) groups is 1. The molecular formula is C79H98N20S. The number of hydrogen-bond donors (Lipinski definition) is 9. The zero-order valence-corrected chi connectivity index (χ0v) is 58.9. The van der Waals surface area contributed by atoms with Crippen molar-refractivity contribution in [3.05, 3.63) is 224 Å². The third kappa shape index (κ3) is 17.1. The minimum Gasteiger partial charge on any atom is -0.383 e. The summed E-state index contributed by atoms with van der Waals surface area (Å²) in [7, 11) is 1.99. The van der Waals surface area contributed by atoms with E-state index in [0.29, 0.717) is 58.6 Å². The lowest BCUT2D eigenvalue weighted by molar-refractivity contribution is 0.628. The van der Waals surface area contributed by atoms with Crippen molar-refractivity contribution >= 4 is 114 Å². The van der Waals surface area contributed by atoms with Gasteiger partial charge in [-0.15, -0.1) is 11.3 Å². The molecule has 1 aliphatic heterocycles. The average Bonchev–Trinajstić information content (AvgIpc) is 1.74. The van der Waals surface area contributed by atoms with Gasteiger partial charge in [-0.2, -0.15) is 0 Å². The molecule has 7 aliphatic rings. The summed E-state index contributed by atoms with van der Waals surface area (Å²) in [4.78, 5) is 40.4. The van der Waals surface area contributed by atoms with E-state index in [0.717, 1.165) is 87.0 Å². The second-order valence-electron chi connectivity index (χ2n) is 26.1. The maximum Gasteiger partial charge on any atom is 0.149 e. The summed E-state index contributed by atoms with van der Waals surface area (Å²) in [5, 5.41) is 4.35. The lowest BCUT2D eigenvalue weighted by Crippen LogP contribution is -1.98. The van der Waals surface area contributed by atoms with E-state index in [2.05, 4.69) is 147 Å². The number of aryl methyl sites for hydroxylation is 3. The SMILES string of the molecule is C.CC1=CCc2ccnc(N)c21.CC1=Cc2c(ccnc2N)C1.CC1C=Cc2c1ccnc2N.CC1C=Nc2c1ccnc2N.CC1CCc2c1ccnc2N.CC1CCc2ccnc(N)c21.CC1Cc2ccnc(N)c2C1.Cc1csc2c(N)nccc12.Cn1ccc2c(N)nccc21.[HH]. The van der Waals surface area contributed by atoms with Crippen LogP contribution in [0.5, 0.6) is 0 Å². The Morgan fingerprint density at radius 3 is 1.72 bits per heavy atom. The van der Waals surface area contributed by atoms with Gasteiger partial charge in [0, 0.05) is 122 Å². The number of anilines is 9. The first-order valence-corrected chi connectivity index (χ1v) is 34.4. The Balaban J connectivity index is 0.000000144. The predicted octanol–water partition coefficient (Wildman–Crippen LogP) is 15.6. The van der Waals surface area contributed by atoms with Crippen molar-refractivity contribution in [3.63, 3.8) is 0 Å². The number of pyridine rings is 9. The van der Waals surface area contributed by atoms with Gasteiger partial charge in [0.15, 0.2) is 0 Å². The van der Waals surface area contributed by atoms with Gasteiger partial charge in [0.1, 0.15) is 58.0 Å². The fraction of sp³-hybridized carbons (Fsp3) is 0.291. The summed E-state index contributed by atoms with van der Waals surface area (Å²) in [6.07, 6.45) is 37.3. The van der Waals surface area contributed by atoms with Crippen molar-refractivity contribution in [1.29, 1.82) is 0 Å².